The molecule has 0 aliphatic rings. The van der Waals surface area contributed by atoms with Crippen LogP contribution in [-0.4, -0.2) is 9.78 Å². The molecule has 114 valence electrons. The molecule has 21 heavy (non-hydrogen) atoms. The van der Waals surface area contributed by atoms with Crippen molar-refractivity contribution in [3.8, 4) is 5.75 Å². The van der Waals surface area contributed by atoms with E-state index in [1.807, 2.05) is 50.6 Å². The average molecular weight is 308 g/mol. The van der Waals surface area contributed by atoms with Gasteiger partial charge in [0.25, 0.3) is 0 Å². The van der Waals surface area contributed by atoms with Crippen molar-refractivity contribution in [2.45, 2.75) is 46.9 Å². The number of nitrogens with zero attached hydrogens (tertiary/aromatic N) is 2. The van der Waals surface area contributed by atoms with Gasteiger partial charge in [0.1, 0.15) is 12.4 Å². The molecule has 5 heteroatoms. The van der Waals surface area contributed by atoms with Crippen molar-refractivity contribution in [3.63, 3.8) is 0 Å². The number of aryl methyl sites for hydroxylation is 3. The molecule has 0 aliphatic heterocycles. The SMILES string of the molecule is CCn1nc(C)c(Cl)c1COc1cc(C)ccc1C(C)N. The number of hydrogen-bond donors (Lipinski definition) is 1. The fraction of sp³-hybridized carbons (Fsp3) is 0.438. The molecule has 1 atom stereocenters. The van der Waals surface area contributed by atoms with E-state index in [2.05, 4.69) is 5.10 Å². The first-order chi connectivity index (χ1) is 9.93. The Morgan fingerprint density at radius 2 is 2.10 bits per heavy atom. The second-order valence-corrected chi connectivity index (χ2v) is 5.66. The molecule has 0 amide bonds. The number of halogens is 1. The molecule has 4 nitrogen and oxygen atoms in total. The summed E-state index contributed by atoms with van der Waals surface area (Å²) in [5, 5.41) is 5.07. The third-order valence-corrected chi connectivity index (χ3v) is 3.97. The van der Waals surface area contributed by atoms with Crippen LogP contribution in [0.4, 0.5) is 0 Å². The molecule has 1 heterocycles. The summed E-state index contributed by atoms with van der Waals surface area (Å²) >= 11 is 6.30. The smallest absolute Gasteiger partial charge is 0.131 e. The zero-order valence-corrected chi connectivity index (χ0v) is 13.7. The van der Waals surface area contributed by atoms with Gasteiger partial charge < -0.3 is 10.5 Å². The Hall–Kier alpha value is -1.52. The molecule has 1 aromatic heterocycles. The Morgan fingerprint density at radius 1 is 1.38 bits per heavy atom. The molecule has 2 aromatic rings. The minimum absolute atomic E-state index is 0.0751. The first-order valence-electron chi connectivity index (χ1n) is 7.14. The molecule has 0 aliphatic carbocycles. The van der Waals surface area contributed by atoms with Crippen LogP contribution in [0.5, 0.6) is 5.75 Å². The highest BCUT2D eigenvalue weighted by Crippen LogP contribution is 2.27. The second-order valence-electron chi connectivity index (χ2n) is 5.28. The van der Waals surface area contributed by atoms with Gasteiger partial charge in [-0.1, -0.05) is 23.7 Å². The first kappa shape index (κ1) is 15.9. The maximum atomic E-state index is 6.30. The lowest BCUT2D eigenvalue weighted by atomic mass is 10.1. The van der Waals surface area contributed by atoms with E-state index in [0.29, 0.717) is 11.6 Å². The molecule has 2 N–H and O–H groups in total. The molecule has 0 fully saturated rings. The predicted octanol–water partition coefficient (Wildman–Crippen LogP) is 3.77. The minimum Gasteiger partial charge on any atom is -0.487 e. The highest BCUT2D eigenvalue weighted by atomic mass is 35.5. The van der Waals surface area contributed by atoms with Crippen molar-refractivity contribution in [3.05, 3.63) is 45.7 Å². The Balaban J connectivity index is 2.26. The summed E-state index contributed by atoms with van der Waals surface area (Å²) in [6.07, 6.45) is 0. The van der Waals surface area contributed by atoms with E-state index in [-0.39, 0.29) is 6.04 Å². The van der Waals surface area contributed by atoms with Crippen molar-refractivity contribution >= 4 is 11.6 Å². The molecule has 0 saturated carbocycles. The number of ether oxygens (including phenoxy) is 1. The maximum absolute atomic E-state index is 6.30. The fourth-order valence-corrected chi connectivity index (χ4v) is 2.49. The van der Waals surface area contributed by atoms with Crippen molar-refractivity contribution in [1.29, 1.82) is 0 Å². The highest BCUT2D eigenvalue weighted by Gasteiger charge is 2.15. The number of rotatable bonds is 5. The summed E-state index contributed by atoms with van der Waals surface area (Å²) in [5.41, 5.74) is 9.86. The van der Waals surface area contributed by atoms with Crippen LogP contribution in [0.15, 0.2) is 18.2 Å². The van der Waals surface area contributed by atoms with E-state index >= 15 is 0 Å². The van der Waals surface area contributed by atoms with E-state index in [9.17, 15) is 0 Å². The largest absolute Gasteiger partial charge is 0.487 e. The fourth-order valence-electron chi connectivity index (χ4n) is 2.30. The molecule has 2 rings (SSSR count). The summed E-state index contributed by atoms with van der Waals surface area (Å²) in [5.74, 6) is 0.808. The quantitative estimate of drug-likeness (QED) is 0.914. The van der Waals surface area contributed by atoms with E-state index in [1.165, 1.54) is 0 Å². The molecular formula is C16H22ClN3O. The van der Waals surface area contributed by atoms with Crippen molar-refractivity contribution in [2.24, 2.45) is 5.73 Å². The van der Waals surface area contributed by atoms with Crippen LogP contribution < -0.4 is 10.5 Å². The summed E-state index contributed by atoms with van der Waals surface area (Å²) in [4.78, 5) is 0. The van der Waals surface area contributed by atoms with Gasteiger partial charge in [-0.2, -0.15) is 5.10 Å². The van der Waals surface area contributed by atoms with Gasteiger partial charge in [0.15, 0.2) is 0 Å². The second kappa shape index (κ2) is 6.50. The van der Waals surface area contributed by atoms with Crippen LogP contribution in [0.3, 0.4) is 0 Å². The zero-order chi connectivity index (χ0) is 15.6. The first-order valence-corrected chi connectivity index (χ1v) is 7.52. The molecule has 0 radical (unpaired) electrons. The van der Waals surface area contributed by atoms with Crippen molar-refractivity contribution in [1.82, 2.24) is 9.78 Å². The predicted molar refractivity (Wildman–Crippen MR) is 85.8 cm³/mol. The van der Waals surface area contributed by atoms with Gasteiger partial charge in [-0.15, -0.1) is 0 Å². The van der Waals surface area contributed by atoms with Crippen LogP contribution in [0, 0.1) is 13.8 Å². The maximum Gasteiger partial charge on any atom is 0.131 e. The molecule has 1 aromatic carbocycles. The van der Waals surface area contributed by atoms with Gasteiger partial charge in [0.05, 0.1) is 16.4 Å². The highest BCUT2D eigenvalue weighted by molar-refractivity contribution is 6.31. The summed E-state index contributed by atoms with van der Waals surface area (Å²) in [6.45, 7) is 9.07. The molecule has 1 unspecified atom stereocenters. The lowest BCUT2D eigenvalue weighted by molar-refractivity contribution is 0.288. The lowest BCUT2D eigenvalue weighted by Gasteiger charge is -2.15. The Labute approximate surface area is 130 Å². The van der Waals surface area contributed by atoms with Crippen LogP contribution in [-0.2, 0) is 13.2 Å². The molecule has 0 saturated heterocycles. The minimum atomic E-state index is -0.0751. The van der Waals surface area contributed by atoms with E-state index < -0.39 is 0 Å². The van der Waals surface area contributed by atoms with Crippen LogP contribution >= 0.6 is 11.6 Å². The summed E-state index contributed by atoms with van der Waals surface area (Å²) in [7, 11) is 0. The van der Waals surface area contributed by atoms with Crippen LogP contribution in [0.2, 0.25) is 5.02 Å². The number of nitrogens with two attached hydrogens (primary N) is 1. The Kier molecular flexibility index (Phi) is 4.91. The number of hydrogen-bond acceptors (Lipinski definition) is 3. The average Bonchev–Trinajstić information content (AvgIpc) is 2.71. The monoisotopic (exact) mass is 307 g/mol. The molecular weight excluding hydrogens is 286 g/mol. The summed E-state index contributed by atoms with van der Waals surface area (Å²) in [6, 6.07) is 5.98. The third kappa shape index (κ3) is 3.39. The third-order valence-electron chi connectivity index (χ3n) is 3.48. The van der Waals surface area contributed by atoms with E-state index in [0.717, 1.165) is 34.8 Å². The van der Waals surface area contributed by atoms with E-state index in [4.69, 9.17) is 22.1 Å². The number of aromatic nitrogens is 2. The normalized spacial score (nSPS) is 12.5. The Morgan fingerprint density at radius 3 is 2.71 bits per heavy atom. The Bertz CT molecular complexity index is 635. The topological polar surface area (TPSA) is 53.1 Å². The molecule has 0 spiro atoms. The van der Waals surface area contributed by atoms with Gasteiger partial charge >= 0.3 is 0 Å². The lowest BCUT2D eigenvalue weighted by Crippen LogP contribution is -2.10. The van der Waals surface area contributed by atoms with Gasteiger partial charge in [-0.25, -0.2) is 0 Å². The van der Waals surface area contributed by atoms with Crippen molar-refractivity contribution in [2.75, 3.05) is 0 Å². The molecule has 0 bridgehead atoms. The van der Waals surface area contributed by atoms with Gasteiger partial charge in [-0.3, -0.25) is 4.68 Å². The standard InChI is InChI=1S/C16H22ClN3O/c1-5-20-14(16(17)12(4)19-20)9-21-15-8-10(2)6-7-13(15)11(3)18/h6-8,11H,5,9,18H2,1-4H3. The van der Waals surface area contributed by atoms with Gasteiger partial charge in [0.2, 0.25) is 0 Å². The van der Waals surface area contributed by atoms with E-state index in [1.54, 1.807) is 0 Å². The van der Waals surface area contributed by atoms with Crippen LogP contribution in [0.1, 0.15) is 42.4 Å². The summed E-state index contributed by atoms with van der Waals surface area (Å²) < 4.78 is 7.85. The van der Waals surface area contributed by atoms with Gasteiger partial charge in [0, 0.05) is 18.2 Å². The van der Waals surface area contributed by atoms with Crippen LogP contribution in [0.25, 0.3) is 0 Å². The number of benzene rings is 1. The van der Waals surface area contributed by atoms with Crippen molar-refractivity contribution < 1.29 is 4.74 Å². The van der Waals surface area contributed by atoms with Gasteiger partial charge in [-0.05, 0) is 39.3 Å². The zero-order valence-electron chi connectivity index (χ0n) is 13.0.